The summed E-state index contributed by atoms with van der Waals surface area (Å²) in [5, 5.41) is 11.7. The highest BCUT2D eigenvalue weighted by molar-refractivity contribution is 5.80. The molecule has 1 aliphatic carbocycles. The number of nitrogens with one attached hydrogen (secondary N) is 1. The number of aliphatic hydroxyl groups excluding tert-OH is 1. The number of ether oxygens (including phenoxy) is 1. The number of carbonyl (C=O) groups is 1. The van der Waals surface area contributed by atoms with Gasteiger partial charge in [-0.1, -0.05) is 6.42 Å². The molecule has 0 heterocycles. The Balaban J connectivity index is 2.39. The number of hydrogen-bond donors (Lipinski definition) is 3. The standard InChI is InChI=1S/C10H20N2O3/c1-15-6-7(5-13)12-10(14)8-3-2-4-9(8)11/h7-9,13H,2-6,11H2,1H3,(H,12,14). The van der Waals surface area contributed by atoms with E-state index >= 15 is 0 Å². The minimum absolute atomic E-state index is 0.0353. The van der Waals surface area contributed by atoms with E-state index < -0.39 is 0 Å². The molecule has 1 rings (SSSR count). The van der Waals surface area contributed by atoms with E-state index in [4.69, 9.17) is 15.6 Å². The fraction of sp³-hybridized carbons (Fsp3) is 0.900. The van der Waals surface area contributed by atoms with Gasteiger partial charge in [0, 0.05) is 13.2 Å². The fourth-order valence-electron chi connectivity index (χ4n) is 1.96. The largest absolute Gasteiger partial charge is 0.394 e. The Kier molecular flexibility index (Phi) is 5.01. The predicted molar refractivity (Wildman–Crippen MR) is 56.2 cm³/mol. The Morgan fingerprint density at radius 1 is 1.67 bits per heavy atom. The first-order valence-electron chi connectivity index (χ1n) is 5.34. The number of rotatable bonds is 5. The molecule has 0 aliphatic heterocycles. The van der Waals surface area contributed by atoms with Crippen LogP contribution in [-0.4, -0.2) is 43.4 Å². The van der Waals surface area contributed by atoms with Crippen LogP contribution in [0.25, 0.3) is 0 Å². The summed E-state index contributed by atoms with van der Waals surface area (Å²) >= 11 is 0. The van der Waals surface area contributed by atoms with Crippen LogP contribution in [0.2, 0.25) is 0 Å². The number of methoxy groups -OCH3 is 1. The summed E-state index contributed by atoms with van der Waals surface area (Å²) in [6.07, 6.45) is 2.76. The van der Waals surface area contributed by atoms with Crippen LogP contribution < -0.4 is 11.1 Å². The molecule has 3 unspecified atom stereocenters. The van der Waals surface area contributed by atoms with Crippen molar-refractivity contribution in [2.45, 2.75) is 31.3 Å². The number of carbonyl (C=O) groups excluding carboxylic acids is 1. The monoisotopic (exact) mass is 216 g/mol. The van der Waals surface area contributed by atoms with E-state index in [1.165, 1.54) is 7.11 Å². The first-order valence-corrected chi connectivity index (χ1v) is 5.34. The molecule has 0 spiro atoms. The predicted octanol–water partition coefficient (Wildman–Crippen LogP) is -0.763. The molecular formula is C10H20N2O3. The van der Waals surface area contributed by atoms with Gasteiger partial charge in [-0.3, -0.25) is 4.79 Å². The lowest BCUT2D eigenvalue weighted by atomic mass is 10.0. The third-order valence-corrected chi connectivity index (χ3v) is 2.84. The van der Waals surface area contributed by atoms with Crippen LogP contribution in [0.3, 0.4) is 0 Å². The molecule has 15 heavy (non-hydrogen) atoms. The smallest absolute Gasteiger partial charge is 0.225 e. The minimum atomic E-state index is -0.324. The van der Waals surface area contributed by atoms with Crippen LogP contribution >= 0.6 is 0 Å². The van der Waals surface area contributed by atoms with Crippen molar-refractivity contribution in [2.75, 3.05) is 20.3 Å². The van der Waals surface area contributed by atoms with E-state index in [1.807, 2.05) is 0 Å². The highest BCUT2D eigenvalue weighted by Crippen LogP contribution is 2.23. The first kappa shape index (κ1) is 12.4. The van der Waals surface area contributed by atoms with E-state index in [2.05, 4.69) is 5.32 Å². The Bertz CT molecular complexity index is 211. The second kappa shape index (κ2) is 6.05. The van der Waals surface area contributed by atoms with Gasteiger partial charge in [-0.05, 0) is 12.8 Å². The molecule has 5 nitrogen and oxygen atoms in total. The third kappa shape index (κ3) is 3.44. The second-order valence-corrected chi connectivity index (χ2v) is 4.04. The van der Waals surface area contributed by atoms with Crippen molar-refractivity contribution in [3.8, 4) is 0 Å². The Labute approximate surface area is 90.0 Å². The topological polar surface area (TPSA) is 84.6 Å². The molecular weight excluding hydrogens is 196 g/mol. The van der Waals surface area contributed by atoms with Crippen molar-refractivity contribution < 1.29 is 14.6 Å². The van der Waals surface area contributed by atoms with E-state index in [1.54, 1.807) is 0 Å². The van der Waals surface area contributed by atoms with Crippen molar-refractivity contribution in [2.24, 2.45) is 11.7 Å². The van der Waals surface area contributed by atoms with Crippen molar-refractivity contribution >= 4 is 5.91 Å². The van der Waals surface area contributed by atoms with E-state index in [0.29, 0.717) is 6.61 Å². The molecule has 0 bridgehead atoms. The summed E-state index contributed by atoms with van der Waals surface area (Å²) in [6.45, 7) is 0.214. The summed E-state index contributed by atoms with van der Waals surface area (Å²) in [7, 11) is 1.54. The normalized spacial score (nSPS) is 27.7. The van der Waals surface area contributed by atoms with Crippen LogP contribution in [0.15, 0.2) is 0 Å². The van der Waals surface area contributed by atoms with Crippen molar-refractivity contribution in [3.63, 3.8) is 0 Å². The lowest BCUT2D eigenvalue weighted by molar-refractivity contribution is -0.126. The summed E-state index contributed by atoms with van der Waals surface area (Å²) in [5.74, 6) is -0.160. The fourth-order valence-corrected chi connectivity index (χ4v) is 1.96. The maximum atomic E-state index is 11.7. The molecule has 0 aromatic carbocycles. The van der Waals surface area contributed by atoms with Gasteiger partial charge >= 0.3 is 0 Å². The maximum absolute atomic E-state index is 11.7. The molecule has 1 fully saturated rings. The quantitative estimate of drug-likeness (QED) is 0.564. The lowest BCUT2D eigenvalue weighted by Crippen LogP contribution is -2.46. The molecule has 4 N–H and O–H groups in total. The van der Waals surface area contributed by atoms with Crippen molar-refractivity contribution in [1.82, 2.24) is 5.32 Å². The number of amides is 1. The third-order valence-electron chi connectivity index (χ3n) is 2.84. The van der Waals surface area contributed by atoms with E-state index in [-0.39, 0.29) is 30.5 Å². The Hall–Kier alpha value is -0.650. The highest BCUT2D eigenvalue weighted by atomic mass is 16.5. The van der Waals surface area contributed by atoms with Gasteiger partial charge in [0.25, 0.3) is 0 Å². The number of aliphatic hydroxyl groups is 1. The van der Waals surface area contributed by atoms with E-state index in [0.717, 1.165) is 19.3 Å². The van der Waals surface area contributed by atoms with Gasteiger partial charge < -0.3 is 20.9 Å². The molecule has 88 valence electrons. The second-order valence-electron chi connectivity index (χ2n) is 4.04. The molecule has 1 aliphatic rings. The van der Waals surface area contributed by atoms with Gasteiger partial charge in [0.15, 0.2) is 0 Å². The molecule has 0 radical (unpaired) electrons. The average Bonchev–Trinajstić information content (AvgIpc) is 2.63. The zero-order valence-electron chi connectivity index (χ0n) is 9.11. The molecule has 1 saturated carbocycles. The van der Waals surface area contributed by atoms with Gasteiger partial charge in [-0.2, -0.15) is 0 Å². The van der Waals surface area contributed by atoms with Gasteiger partial charge in [0.2, 0.25) is 5.91 Å². The zero-order chi connectivity index (χ0) is 11.3. The van der Waals surface area contributed by atoms with Crippen molar-refractivity contribution in [1.29, 1.82) is 0 Å². The molecule has 0 aromatic rings. The molecule has 0 aromatic heterocycles. The van der Waals surface area contributed by atoms with Crippen molar-refractivity contribution in [3.05, 3.63) is 0 Å². The van der Waals surface area contributed by atoms with Crippen LogP contribution in [-0.2, 0) is 9.53 Å². The number of nitrogens with two attached hydrogens (primary N) is 1. The maximum Gasteiger partial charge on any atom is 0.225 e. The van der Waals surface area contributed by atoms with Gasteiger partial charge in [-0.25, -0.2) is 0 Å². The van der Waals surface area contributed by atoms with Crippen LogP contribution in [0.5, 0.6) is 0 Å². The first-order chi connectivity index (χ1) is 7.19. The van der Waals surface area contributed by atoms with Crippen LogP contribution in [0, 0.1) is 5.92 Å². The van der Waals surface area contributed by atoms with Gasteiger partial charge in [0.05, 0.1) is 25.2 Å². The average molecular weight is 216 g/mol. The lowest BCUT2D eigenvalue weighted by Gasteiger charge is -2.20. The summed E-state index contributed by atoms with van der Waals surface area (Å²) < 4.78 is 4.88. The van der Waals surface area contributed by atoms with Gasteiger partial charge in [0.1, 0.15) is 0 Å². The summed E-state index contributed by atoms with van der Waals surface area (Å²) in [4.78, 5) is 11.7. The molecule has 3 atom stereocenters. The Morgan fingerprint density at radius 3 is 2.87 bits per heavy atom. The van der Waals surface area contributed by atoms with E-state index in [9.17, 15) is 4.79 Å². The van der Waals surface area contributed by atoms with Gasteiger partial charge in [-0.15, -0.1) is 0 Å². The van der Waals surface area contributed by atoms with Crippen LogP contribution in [0.4, 0.5) is 0 Å². The molecule has 0 saturated heterocycles. The van der Waals surface area contributed by atoms with Crippen LogP contribution in [0.1, 0.15) is 19.3 Å². The molecule has 1 amide bonds. The molecule has 5 heteroatoms. The summed E-state index contributed by atoms with van der Waals surface area (Å²) in [6, 6.07) is -0.359. The Morgan fingerprint density at radius 2 is 2.40 bits per heavy atom. The minimum Gasteiger partial charge on any atom is -0.394 e. The zero-order valence-corrected chi connectivity index (χ0v) is 9.11. The summed E-state index contributed by atoms with van der Waals surface area (Å²) in [5.41, 5.74) is 5.82. The highest BCUT2D eigenvalue weighted by Gasteiger charge is 2.31. The number of hydrogen-bond acceptors (Lipinski definition) is 4. The SMILES string of the molecule is COCC(CO)NC(=O)C1CCCC1N.